The quantitative estimate of drug-likeness (QED) is 0.783. The van der Waals surface area contributed by atoms with Crippen LogP contribution in [0.4, 0.5) is 0 Å². The van der Waals surface area contributed by atoms with Crippen molar-refractivity contribution in [1.29, 1.82) is 0 Å². The normalized spacial score (nSPS) is 11.2. The second kappa shape index (κ2) is 5.92. The minimum Gasteiger partial charge on any atom is -0.350 e. The highest BCUT2D eigenvalue weighted by atomic mass is 32.1. The van der Waals surface area contributed by atoms with E-state index in [1.165, 1.54) is 5.56 Å². The molecule has 0 saturated heterocycles. The molecule has 116 valence electrons. The first-order chi connectivity index (χ1) is 10.5. The molecule has 3 aromatic heterocycles. The summed E-state index contributed by atoms with van der Waals surface area (Å²) in [6.45, 7) is 4.49. The smallest absolute Gasteiger partial charge is 0.220 e. The highest BCUT2D eigenvalue weighted by Crippen LogP contribution is 2.14. The third-order valence-corrected chi connectivity index (χ3v) is 4.64. The predicted molar refractivity (Wildman–Crippen MR) is 85.9 cm³/mol. The number of nitrogens with zero attached hydrogens (tertiary/aromatic N) is 4. The van der Waals surface area contributed by atoms with Crippen molar-refractivity contribution in [2.45, 2.75) is 33.2 Å². The fourth-order valence-electron chi connectivity index (χ4n) is 2.56. The van der Waals surface area contributed by atoms with Crippen LogP contribution in [0.15, 0.2) is 17.8 Å². The summed E-state index contributed by atoms with van der Waals surface area (Å²) in [6, 6.07) is 0. The number of rotatable bonds is 5. The molecule has 0 radical (unpaired) electrons. The zero-order chi connectivity index (χ0) is 15.7. The highest BCUT2D eigenvalue weighted by Gasteiger charge is 2.11. The summed E-state index contributed by atoms with van der Waals surface area (Å²) < 4.78 is 3.83. The van der Waals surface area contributed by atoms with Crippen LogP contribution in [0.25, 0.3) is 4.96 Å². The number of amides is 1. The van der Waals surface area contributed by atoms with E-state index in [9.17, 15) is 4.79 Å². The predicted octanol–water partition coefficient (Wildman–Crippen LogP) is 2.00. The van der Waals surface area contributed by atoms with Gasteiger partial charge in [-0.15, -0.1) is 11.3 Å². The van der Waals surface area contributed by atoms with Gasteiger partial charge in [-0.2, -0.15) is 5.10 Å². The van der Waals surface area contributed by atoms with Crippen molar-refractivity contribution in [3.63, 3.8) is 0 Å². The van der Waals surface area contributed by atoms with Crippen molar-refractivity contribution in [2.75, 3.05) is 0 Å². The maximum atomic E-state index is 12.0. The molecule has 0 fully saturated rings. The van der Waals surface area contributed by atoms with Gasteiger partial charge in [0.05, 0.1) is 17.9 Å². The van der Waals surface area contributed by atoms with Crippen LogP contribution in [-0.2, 0) is 24.8 Å². The molecule has 0 aliphatic rings. The van der Waals surface area contributed by atoms with Gasteiger partial charge in [0.15, 0.2) is 4.96 Å². The zero-order valence-electron chi connectivity index (χ0n) is 13.0. The minimum absolute atomic E-state index is 0.0407. The summed E-state index contributed by atoms with van der Waals surface area (Å²) in [5.74, 6) is 0.0407. The molecule has 7 heteroatoms. The van der Waals surface area contributed by atoms with Gasteiger partial charge in [-0.05, 0) is 25.8 Å². The number of carbonyl (C=O) groups is 1. The topological polar surface area (TPSA) is 64.2 Å². The Labute approximate surface area is 132 Å². The van der Waals surface area contributed by atoms with E-state index in [0.29, 0.717) is 13.0 Å². The molecule has 0 bridgehead atoms. The monoisotopic (exact) mass is 317 g/mol. The Morgan fingerprint density at radius 1 is 1.41 bits per heavy atom. The van der Waals surface area contributed by atoms with E-state index in [1.807, 2.05) is 47.8 Å². The van der Waals surface area contributed by atoms with E-state index in [4.69, 9.17) is 0 Å². The summed E-state index contributed by atoms with van der Waals surface area (Å²) in [5.41, 5.74) is 4.18. The van der Waals surface area contributed by atoms with Gasteiger partial charge in [-0.25, -0.2) is 4.98 Å². The molecule has 0 aromatic carbocycles. The van der Waals surface area contributed by atoms with Crippen LogP contribution in [0.2, 0.25) is 0 Å². The molecule has 3 rings (SSSR count). The molecular formula is C15H19N5OS. The van der Waals surface area contributed by atoms with E-state index in [0.717, 1.165) is 28.5 Å². The van der Waals surface area contributed by atoms with Gasteiger partial charge in [-0.1, -0.05) is 0 Å². The average molecular weight is 317 g/mol. The Morgan fingerprint density at radius 3 is 2.91 bits per heavy atom. The van der Waals surface area contributed by atoms with Crippen molar-refractivity contribution < 1.29 is 4.79 Å². The van der Waals surface area contributed by atoms with Crippen LogP contribution in [0, 0.1) is 13.8 Å². The maximum absolute atomic E-state index is 12.0. The van der Waals surface area contributed by atoms with Crippen LogP contribution < -0.4 is 5.32 Å². The fourth-order valence-corrected chi connectivity index (χ4v) is 3.28. The largest absolute Gasteiger partial charge is 0.350 e. The van der Waals surface area contributed by atoms with E-state index >= 15 is 0 Å². The Bertz CT molecular complexity index is 785. The SMILES string of the molecule is Cc1nn(C)c(C)c1CCC(=O)NCc1cn2ccsc2n1. The van der Waals surface area contributed by atoms with Gasteiger partial charge in [0.2, 0.25) is 5.91 Å². The van der Waals surface area contributed by atoms with Crippen molar-refractivity contribution in [1.82, 2.24) is 24.5 Å². The Kier molecular flexibility index (Phi) is 3.98. The second-order valence-corrected chi connectivity index (χ2v) is 6.25. The molecule has 3 aromatic rings. The third kappa shape index (κ3) is 2.89. The molecule has 0 unspecified atom stereocenters. The summed E-state index contributed by atoms with van der Waals surface area (Å²) in [7, 11) is 1.93. The van der Waals surface area contributed by atoms with Gasteiger partial charge in [0.1, 0.15) is 0 Å². The summed E-state index contributed by atoms with van der Waals surface area (Å²) in [4.78, 5) is 17.4. The lowest BCUT2D eigenvalue weighted by atomic mass is 10.1. The van der Waals surface area contributed by atoms with Crippen LogP contribution in [0.3, 0.4) is 0 Å². The number of hydrogen-bond donors (Lipinski definition) is 1. The van der Waals surface area contributed by atoms with E-state index in [-0.39, 0.29) is 5.91 Å². The standard InChI is InChI=1S/C15H19N5OS/c1-10-13(11(2)19(3)18-10)4-5-14(21)16-8-12-9-20-6-7-22-15(20)17-12/h6-7,9H,4-5,8H2,1-3H3,(H,16,21). The number of aryl methyl sites for hydroxylation is 2. The summed E-state index contributed by atoms with van der Waals surface area (Å²) >= 11 is 1.59. The van der Waals surface area contributed by atoms with Gasteiger partial charge in [0.25, 0.3) is 0 Å². The Morgan fingerprint density at radius 2 is 2.23 bits per heavy atom. The van der Waals surface area contributed by atoms with Gasteiger partial charge >= 0.3 is 0 Å². The number of imidazole rings is 1. The summed E-state index contributed by atoms with van der Waals surface area (Å²) in [6.07, 6.45) is 5.10. The summed E-state index contributed by atoms with van der Waals surface area (Å²) in [5, 5.41) is 9.29. The van der Waals surface area contributed by atoms with Gasteiger partial charge in [0, 0.05) is 36.9 Å². The molecular weight excluding hydrogens is 298 g/mol. The first-order valence-corrected chi connectivity index (χ1v) is 8.09. The molecule has 1 amide bonds. The lowest BCUT2D eigenvalue weighted by Crippen LogP contribution is -2.23. The first-order valence-electron chi connectivity index (χ1n) is 7.21. The van der Waals surface area contributed by atoms with Crippen molar-refractivity contribution in [3.8, 4) is 0 Å². The van der Waals surface area contributed by atoms with E-state index < -0.39 is 0 Å². The minimum atomic E-state index is 0.0407. The number of hydrogen-bond acceptors (Lipinski definition) is 4. The molecule has 0 aliphatic carbocycles. The molecule has 0 spiro atoms. The molecule has 0 saturated carbocycles. The van der Waals surface area contributed by atoms with Crippen LogP contribution in [0.1, 0.15) is 29.1 Å². The van der Waals surface area contributed by atoms with Crippen LogP contribution in [0.5, 0.6) is 0 Å². The van der Waals surface area contributed by atoms with Crippen molar-refractivity contribution >= 4 is 22.2 Å². The molecule has 1 N–H and O–H groups in total. The van der Waals surface area contributed by atoms with Crippen LogP contribution in [-0.4, -0.2) is 25.1 Å². The molecule has 3 heterocycles. The molecule has 0 atom stereocenters. The highest BCUT2D eigenvalue weighted by molar-refractivity contribution is 7.15. The van der Waals surface area contributed by atoms with Crippen molar-refractivity contribution in [2.24, 2.45) is 7.05 Å². The number of aromatic nitrogens is 4. The molecule has 22 heavy (non-hydrogen) atoms. The maximum Gasteiger partial charge on any atom is 0.220 e. The number of nitrogens with one attached hydrogen (secondary N) is 1. The van der Waals surface area contributed by atoms with Crippen molar-refractivity contribution in [3.05, 3.63) is 40.4 Å². The average Bonchev–Trinajstić information content (AvgIpc) is 3.11. The van der Waals surface area contributed by atoms with Crippen LogP contribution >= 0.6 is 11.3 Å². The molecule has 0 aliphatic heterocycles. The fraction of sp³-hybridized carbons (Fsp3) is 0.400. The Balaban J connectivity index is 1.53. The number of carbonyl (C=O) groups excluding carboxylic acids is 1. The number of fused-ring (bicyclic) bond motifs is 1. The van der Waals surface area contributed by atoms with E-state index in [1.54, 1.807) is 11.3 Å². The molecule has 6 nitrogen and oxygen atoms in total. The van der Waals surface area contributed by atoms with Gasteiger partial charge < -0.3 is 5.32 Å². The zero-order valence-corrected chi connectivity index (χ0v) is 13.8. The first kappa shape index (κ1) is 14.8. The third-order valence-electron chi connectivity index (χ3n) is 3.87. The second-order valence-electron chi connectivity index (χ2n) is 5.37. The Hall–Kier alpha value is -2.15. The lowest BCUT2D eigenvalue weighted by Gasteiger charge is -2.04. The van der Waals surface area contributed by atoms with Gasteiger partial charge in [-0.3, -0.25) is 13.9 Å². The van der Waals surface area contributed by atoms with E-state index in [2.05, 4.69) is 15.4 Å². The number of thiazole rings is 1. The lowest BCUT2D eigenvalue weighted by molar-refractivity contribution is -0.121.